The normalized spacial score (nSPS) is 21.2. The Hall–Kier alpha value is 0.0900. The van der Waals surface area contributed by atoms with E-state index in [0.29, 0.717) is 5.41 Å². The summed E-state index contributed by atoms with van der Waals surface area (Å²) < 4.78 is 0. The zero-order chi connectivity index (χ0) is 8.04. The van der Waals surface area contributed by atoms with Crippen molar-refractivity contribution in [3.63, 3.8) is 0 Å². The number of allylic oxidation sites excluding steroid dienone is 1. The minimum Gasteiger partial charge on any atom is -0.134 e. The molecule has 0 nitrogen and oxygen atoms in total. The van der Waals surface area contributed by atoms with Crippen LogP contribution in [0.25, 0.3) is 0 Å². The number of rotatable bonds is 0. The van der Waals surface area contributed by atoms with Crippen molar-refractivity contribution >= 4 is 11.8 Å². The maximum Gasteiger partial charge on any atom is 0.00283 e. The summed E-state index contributed by atoms with van der Waals surface area (Å²) in [5.74, 6) is 1.28. The first-order chi connectivity index (χ1) is 4.71. The van der Waals surface area contributed by atoms with E-state index in [-0.39, 0.29) is 0 Å². The largest absolute Gasteiger partial charge is 0.134 e. The fourth-order valence-electron chi connectivity index (χ4n) is 0.768. The molecule has 0 N–H and O–H groups in total. The summed E-state index contributed by atoms with van der Waals surface area (Å²) in [5.41, 5.74) is 0.555. The van der Waals surface area contributed by atoms with Crippen LogP contribution < -0.4 is 0 Å². The molecule has 0 spiro atoms. The molecule has 1 heteroatoms. The van der Waals surface area contributed by atoms with Gasteiger partial charge in [-0.15, -0.1) is 11.8 Å². The van der Waals surface area contributed by atoms with Gasteiger partial charge in [-0.3, -0.25) is 0 Å². The van der Waals surface area contributed by atoms with Crippen molar-refractivity contribution in [2.45, 2.75) is 34.1 Å². The first-order valence-corrected chi connectivity index (χ1v) is 5.02. The van der Waals surface area contributed by atoms with E-state index in [1.165, 1.54) is 12.2 Å². The van der Waals surface area contributed by atoms with Crippen molar-refractivity contribution in [3.8, 4) is 0 Å². The Kier molecular flexibility index (Phi) is 4.88. The molecule has 0 aromatic carbocycles. The SMILES string of the molecule is CC.CC1(C)CC=CSC1. The van der Waals surface area contributed by atoms with Gasteiger partial charge < -0.3 is 0 Å². The van der Waals surface area contributed by atoms with Crippen molar-refractivity contribution in [2.75, 3.05) is 5.75 Å². The molecule has 0 saturated carbocycles. The standard InChI is InChI=1S/C7H12S.C2H6/c1-7(2)4-3-5-8-6-7;1-2/h3,5H,4,6H2,1-2H3;1-2H3. The van der Waals surface area contributed by atoms with Gasteiger partial charge in [0.15, 0.2) is 0 Å². The molecule has 10 heavy (non-hydrogen) atoms. The highest BCUT2D eigenvalue weighted by molar-refractivity contribution is 8.02. The average Bonchev–Trinajstić information content (AvgIpc) is 1.92. The second-order valence-corrected chi connectivity index (χ2v) is 3.95. The predicted octanol–water partition coefficient (Wildman–Crippen LogP) is 3.69. The summed E-state index contributed by atoms with van der Waals surface area (Å²) in [6.45, 7) is 8.62. The van der Waals surface area contributed by atoms with E-state index in [4.69, 9.17) is 0 Å². The lowest BCUT2D eigenvalue weighted by Crippen LogP contribution is -2.14. The molecule has 0 bridgehead atoms. The first kappa shape index (κ1) is 10.1. The summed E-state index contributed by atoms with van der Waals surface area (Å²) in [5, 5.41) is 2.20. The lowest BCUT2D eigenvalue weighted by molar-refractivity contribution is 0.429. The Bertz CT molecular complexity index is 103. The Morgan fingerprint density at radius 2 is 1.90 bits per heavy atom. The fourth-order valence-corrected chi connectivity index (χ4v) is 1.67. The first-order valence-electron chi connectivity index (χ1n) is 3.97. The third-order valence-corrected chi connectivity index (χ3v) is 2.67. The van der Waals surface area contributed by atoms with Crippen molar-refractivity contribution in [1.29, 1.82) is 0 Å². The van der Waals surface area contributed by atoms with Crippen LogP contribution in [0, 0.1) is 5.41 Å². The van der Waals surface area contributed by atoms with Crippen LogP contribution in [-0.4, -0.2) is 5.75 Å². The van der Waals surface area contributed by atoms with E-state index in [9.17, 15) is 0 Å². The van der Waals surface area contributed by atoms with E-state index >= 15 is 0 Å². The van der Waals surface area contributed by atoms with Gasteiger partial charge in [0.1, 0.15) is 0 Å². The van der Waals surface area contributed by atoms with Gasteiger partial charge >= 0.3 is 0 Å². The third kappa shape index (κ3) is 3.99. The van der Waals surface area contributed by atoms with Crippen LogP contribution in [0.4, 0.5) is 0 Å². The van der Waals surface area contributed by atoms with Crippen LogP contribution in [0.3, 0.4) is 0 Å². The van der Waals surface area contributed by atoms with E-state index in [0.717, 1.165) is 0 Å². The second-order valence-electron chi connectivity index (χ2n) is 3.05. The maximum absolute atomic E-state index is 2.31. The molecule has 0 saturated heterocycles. The number of thioether (sulfide) groups is 1. The predicted molar refractivity (Wildman–Crippen MR) is 51.3 cm³/mol. The minimum absolute atomic E-state index is 0.555. The van der Waals surface area contributed by atoms with E-state index in [2.05, 4.69) is 25.3 Å². The lowest BCUT2D eigenvalue weighted by Gasteiger charge is -2.24. The van der Waals surface area contributed by atoms with Gasteiger partial charge in [0.05, 0.1) is 0 Å². The smallest absolute Gasteiger partial charge is 0.00283 e. The Balaban J connectivity index is 0.000000371. The molecule has 1 heterocycles. The van der Waals surface area contributed by atoms with Gasteiger partial charge in [0.2, 0.25) is 0 Å². The van der Waals surface area contributed by atoms with Gasteiger partial charge in [-0.2, -0.15) is 0 Å². The zero-order valence-electron chi connectivity index (χ0n) is 7.48. The third-order valence-electron chi connectivity index (χ3n) is 1.34. The monoisotopic (exact) mass is 158 g/mol. The van der Waals surface area contributed by atoms with Gasteiger partial charge in [-0.05, 0) is 17.2 Å². The number of hydrogen-bond donors (Lipinski definition) is 0. The summed E-state index contributed by atoms with van der Waals surface area (Å²) in [6.07, 6.45) is 3.51. The molecule has 0 aromatic rings. The summed E-state index contributed by atoms with van der Waals surface area (Å²) in [7, 11) is 0. The van der Waals surface area contributed by atoms with Crippen molar-refractivity contribution in [2.24, 2.45) is 5.41 Å². The van der Waals surface area contributed by atoms with Crippen LogP contribution in [-0.2, 0) is 0 Å². The molecule has 0 atom stereocenters. The molecule has 1 rings (SSSR count). The maximum atomic E-state index is 2.31. The summed E-state index contributed by atoms with van der Waals surface area (Å²) in [4.78, 5) is 0. The van der Waals surface area contributed by atoms with Crippen LogP contribution in [0.15, 0.2) is 11.5 Å². The molecule has 0 radical (unpaired) electrons. The second kappa shape index (κ2) is 4.84. The van der Waals surface area contributed by atoms with Gasteiger partial charge in [-0.1, -0.05) is 33.8 Å². The number of hydrogen-bond acceptors (Lipinski definition) is 1. The molecule has 0 aromatic heterocycles. The molecular weight excluding hydrogens is 140 g/mol. The Morgan fingerprint density at radius 1 is 1.30 bits per heavy atom. The highest BCUT2D eigenvalue weighted by Gasteiger charge is 2.17. The Morgan fingerprint density at radius 3 is 2.10 bits per heavy atom. The molecule has 1 aliphatic rings. The molecular formula is C9H18S. The lowest BCUT2D eigenvalue weighted by atomic mass is 9.92. The van der Waals surface area contributed by atoms with Gasteiger partial charge in [0.25, 0.3) is 0 Å². The quantitative estimate of drug-likeness (QED) is 0.518. The molecule has 0 fully saturated rings. The minimum atomic E-state index is 0.555. The summed E-state index contributed by atoms with van der Waals surface area (Å²) in [6, 6.07) is 0. The highest BCUT2D eigenvalue weighted by atomic mass is 32.2. The van der Waals surface area contributed by atoms with Gasteiger partial charge in [-0.25, -0.2) is 0 Å². The van der Waals surface area contributed by atoms with Crippen LogP contribution in [0.5, 0.6) is 0 Å². The van der Waals surface area contributed by atoms with Crippen molar-refractivity contribution in [3.05, 3.63) is 11.5 Å². The molecule has 1 aliphatic heterocycles. The summed E-state index contributed by atoms with van der Waals surface area (Å²) >= 11 is 1.92. The Labute approximate surface area is 69.1 Å². The van der Waals surface area contributed by atoms with E-state index in [1.807, 2.05) is 25.6 Å². The van der Waals surface area contributed by atoms with Crippen LogP contribution in [0.1, 0.15) is 34.1 Å². The zero-order valence-corrected chi connectivity index (χ0v) is 8.29. The van der Waals surface area contributed by atoms with E-state index in [1.54, 1.807) is 0 Å². The fraction of sp³-hybridized carbons (Fsp3) is 0.778. The average molecular weight is 158 g/mol. The molecule has 60 valence electrons. The van der Waals surface area contributed by atoms with Gasteiger partial charge in [0, 0.05) is 5.75 Å². The molecule has 0 unspecified atom stereocenters. The highest BCUT2D eigenvalue weighted by Crippen LogP contribution is 2.30. The topological polar surface area (TPSA) is 0 Å². The molecule has 0 amide bonds. The van der Waals surface area contributed by atoms with Crippen molar-refractivity contribution < 1.29 is 0 Å². The van der Waals surface area contributed by atoms with Crippen LogP contribution in [0.2, 0.25) is 0 Å². The van der Waals surface area contributed by atoms with Crippen molar-refractivity contribution in [1.82, 2.24) is 0 Å². The molecule has 0 aliphatic carbocycles. The van der Waals surface area contributed by atoms with E-state index < -0.39 is 0 Å². The van der Waals surface area contributed by atoms with Crippen LogP contribution >= 0.6 is 11.8 Å².